The van der Waals surface area contributed by atoms with Crippen molar-refractivity contribution in [3.63, 3.8) is 0 Å². The fourth-order valence-corrected chi connectivity index (χ4v) is 1.58. The third-order valence-corrected chi connectivity index (χ3v) is 2.63. The van der Waals surface area contributed by atoms with E-state index in [0.29, 0.717) is 11.6 Å². The average Bonchev–Trinajstić information content (AvgIpc) is 2.77. The Morgan fingerprint density at radius 3 is 2.78 bits per heavy atom. The number of aromatic amines is 1. The lowest BCUT2D eigenvalue weighted by Gasteiger charge is -2.19. The summed E-state index contributed by atoms with van der Waals surface area (Å²) in [4.78, 5) is 13.4. The molecule has 0 saturated heterocycles. The fraction of sp³-hybridized carbons (Fsp3) is 0.667. The van der Waals surface area contributed by atoms with E-state index in [2.05, 4.69) is 10.2 Å². The van der Waals surface area contributed by atoms with E-state index in [9.17, 15) is 9.90 Å². The van der Waals surface area contributed by atoms with Gasteiger partial charge in [-0.1, -0.05) is 13.8 Å². The van der Waals surface area contributed by atoms with Gasteiger partial charge < -0.3 is 14.7 Å². The normalized spacial score (nSPS) is 12.8. The van der Waals surface area contributed by atoms with E-state index >= 15 is 0 Å². The summed E-state index contributed by atoms with van der Waals surface area (Å²) >= 11 is 0. The summed E-state index contributed by atoms with van der Waals surface area (Å²) in [5.41, 5.74) is 1.29. The molecule has 0 aliphatic heterocycles. The van der Waals surface area contributed by atoms with E-state index in [-0.39, 0.29) is 19.1 Å². The minimum Gasteiger partial charge on any atom is -0.389 e. The van der Waals surface area contributed by atoms with Crippen LogP contribution in [0.1, 0.15) is 35.9 Å². The van der Waals surface area contributed by atoms with Crippen LogP contribution in [0.3, 0.4) is 0 Å². The first kappa shape index (κ1) is 14.7. The Bertz CT molecular complexity index is 390. The number of hydrogen-bond acceptors (Lipinski definition) is 4. The van der Waals surface area contributed by atoms with Crippen molar-refractivity contribution in [2.75, 3.05) is 27.3 Å². The van der Waals surface area contributed by atoms with Gasteiger partial charge in [0.2, 0.25) is 0 Å². The molecule has 0 aliphatic carbocycles. The van der Waals surface area contributed by atoms with E-state index in [1.54, 1.807) is 13.1 Å². The molecule has 0 aromatic carbocycles. The van der Waals surface area contributed by atoms with Crippen LogP contribution < -0.4 is 0 Å². The van der Waals surface area contributed by atoms with Crippen molar-refractivity contribution in [3.8, 4) is 0 Å². The maximum Gasteiger partial charge on any atom is 0.274 e. The molecule has 18 heavy (non-hydrogen) atoms. The summed E-state index contributed by atoms with van der Waals surface area (Å²) in [6, 6.07) is 1.74. The molecular formula is C12H21N3O3. The van der Waals surface area contributed by atoms with Crippen molar-refractivity contribution in [2.45, 2.75) is 25.9 Å². The molecule has 0 bridgehead atoms. The molecule has 1 heterocycles. The molecule has 0 saturated carbocycles. The zero-order valence-electron chi connectivity index (χ0n) is 11.3. The van der Waals surface area contributed by atoms with Crippen LogP contribution in [-0.2, 0) is 4.74 Å². The van der Waals surface area contributed by atoms with Crippen LogP contribution in [0.25, 0.3) is 0 Å². The van der Waals surface area contributed by atoms with Crippen molar-refractivity contribution in [3.05, 3.63) is 17.5 Å². The van der Waals surface area contributed by atoms with Crippen LogP contribution in [0, 0.1) is 0 Å². The van der Waals surface area contributed by atoms with Crippen LogP contribution in [0.2, 0.25) is 0 Å². The predicted molar refractivity (Wildman–Crippen MR) is 67.5 cm³/mol. The minimum absolute atomic E-state index is 0.204. The van der Waals surface area contributed by atoms with Gasteiger partial charge in [0.25, 0.3) is 5.91 Å². The molecule has 0 spiro atoms. The van der Waals surface area contributed by atoms with Crippen molar-refractivity contribution in [1.82, 2.24) is 15.1 Å². The zero-order chi connectivity index (χ0) is 13.7. The van der Waals surface area contributed by atoms with E-state index in [1.807, 2.05) is 13.8 Å². The lowest BCUT2D eigenvalue weighted by Crippen LogP contribution is -2.36. The number of rotatable bonds is 6. The molecule has 6 nitrogen and oxygen atoms in total. The first-order valence-electron chi connectivity index (χ1n) is 5.93. The van der Waals surface area contributed by atoms with Crippen LogP contribution in [0.15, 0.2) is 6.07 Å². The molecule has 0 aliphatic rings. The zero-order valence-corrected chi connectivity index (χ0v) is 11.3. The maximum absolute atomic E-state index is 12.0. The molecule has 0 fully saturated rings. The molecule has 2 N–H and O–H groups in total. The van der Waals surface area contributed by atoms with E-state index < -0.39 is 6.10 Å². The van der Waals surface area contributed by atoms with Gasteiger partial charge in [0, 0.05) is 26.4 Å². The number of nitrogens with zero attached hydrogens (tertiary/aromatic N) is 2. The summed E-state index contributed by atoms with van der Waals surface area (Å²) in [7, 11) is 3.14. The smallest absolute Gasteiger partial charge is 0.274 e. The van der Waals surface area contributed by atoms with E-state index in [4.69, 9.17) is 4.74 Å². The van der Waals surface area contributed by atoms with Crippen molar-refractivity contribution < 1.29 is 14.6 Å². The van der Waals surface area contributed by atoms with Crippen LogP contribution in [0.5, 0.6) is 0 Å². The molecular weight excluding hydrogens is 234 g/mol. The predicted octanol–water partition coefficient (Wildman–Crippen LogP) is 0.612. The summed E-state index contributed by atoms with van der Waals surface area (Å²) in [6.07, 6.45) is -0.688. The van der Waals surface area contributed by atoms with Crippen molar-refractivity contribution in [2.24, 2.45) is 0 Å². The van der Waals surface area contributed by atoms with E-state index in [1.165, 1.54) is 12.0 Å². The van der Waals surface area contributed by atoms with Crippen LogP contribution >= 0.6 is 0 Å². The van der Waals surface area contributed by atoms with Gasteiger partial charge in [0.1, 0.15) is 5.69 Å². The highest BCUT2D eigenvalue weighted by atomic mass is 16.5. The molecule has 1 unspecified atom stereocenters. The number of aliphatic hydroxyl groups excluding tert-OH is 1. The van der Waals surface area contributed by atoms with Gasteiger partial charge in [0.05, 0.1) is 12.7 Å². The highest BCUT2D eigenvalue weighted by Crippen LogP contribution is 2.12. The first-order valence-corrected chi connectivity index (χ1v) is 5.93. The monoisotopic (exact) mass is 255 g/mol. The van der Waals surface area contributed by atoms with Gasteiger partial charge >= 0.3 is 0 Å². The highest BCUT2D eigenvalue weighted by molar-refractivity contribution is 5.92. The molecule has 1 rings (SSSR count). The molecule has 1 amide bonds. The Labute approximate surface area is 107 Å². The third kappa shape index (κ3) is 3.82. The van der Waals surface area contributed by atoms with Crippen molar-refractivity contribution in [1.29, 1.82) is 0 Å². The number of amides is 1. The SMILES string of the molecule is COCC(O)CN(C)C(=O)c1cc(C(C)C)[nH]n1. The number of ether oxygens (including phenoxy) is 1. The number of carbonyl (C=O) groups is 1. The van der Waals surface area contributed by atoms with Gasteiger partial charge in [-0.25, -0.2) is 0 Å². The van der Waals surface area contributed by atoms with Crippen molar-refractivity contribution >= 4 is 5.91 Å². The van der Waals surface area contributed by atoms with Gasteiger partial charge in [0.15, 0.2) is 0 Å². The Morgan fingerprint density at radius 2 is 2.28 bits per heavy atom. The topological polar surface area (TPSA) is 78.5 Å². The second-order valence-corrected chi connectivity index (χ2v) is 4.66. The third-order valence-electron chi connectivity index (χ3n) is 2.63. The number of hydrogen-bond donors (Lipinski definition) is 2. The summed E-state index contributed by atoms with van der Waals surface area (Å²) in [5, 5.41) is 16.4. The Kier molecular flexibility index (Phi) is 5.30. The van der Waals surface area contributed by atoms with Crippen LogP contribution in [-0.4, -0.2) is 59.5 Å². The van der Waals surface area contributed by atoms with Gasteiger partial charge in [-0.2, -0.15) is 5.10 Å². The number of H-pyrrole nitrogens is 1. The highest BCUT2D eigenvalue weighted by Gasteiger charge is 2.18. The van der Waals surface area contributed by atoms with E-state index in [0.717, 1.165) is 5.69 Å². The fourth-order valence-electron chi connectivity index (χ4n) is 1.58. The number of methoxy groups -OCH3 is 1. The van der Waals surface area contributed by atoms with Gasteiger partial charge in [-0.15, -0.1) is 0 Å². The number of carbonyl (C=O) groups excluding carboxylic acids is 1. The molecule has 1 aromatic heterocycles. The molecule has 6 heteroatoms. The lowest BCUT2D eigenvalue weighted by molar-refractivity contribution is 0.0378. The molecule has 102 valence electrons. The standard InChI is InChI=1S/C12H21N3O3/c1-8(2)10-5-11(14-13-10)12(17)15(3)6-9(16)7-18-4/h5,8-9,16H,6-7H2,1-4H3,(H,13,14). The Hall–Kier alpha value is -1.40. The molecule has 0 radical (unpaired) electrons. The summed E-state index contributed by atoms with van der Waals surface area (Å²) in [5.74, 6) is 0.0803. The van der Waals surface area contributed by atoms with Gasteiger partial charge in [-0.3, -0.25) is 9.89 Å². The number of aromatic nitrogens is 2. The second kappa shape index (κ2) is 6.51. The summed E-state index contributed by atoms with van der Waals surface area (Å²) < 4.78 is 4.82. The minimum atomic E-state index is -0.688. The summed E-state index contributed by atoms with van der Waals surface area (Å²) in [6.45, 7) is 4.47. The largest absolute Gasteiger partial charge is 0.389 e. The Balaban J connectivity index is 2.62. The van der Waals surface area contributed by atoms with Gasteiger partial charge in [-0.05, 0) is 12.0 Å². The second-order valence-electron chi connectivity index (χ2n) is 4.66. The molecule has 1 atom stereocenters. The number of likely N-dealkylation sites (N-methyl/N-ethyl adjacent to an activating group) is 1. The number of nitrogens with one attached hydrogen (secondary N) is 1. The number of aliphatic hydroxyl groups is 1. The molecule has 1 aromatic rings. The Morgan fingerprint density at radius 1 is 1.61 bits per heavy atom. The first-order chi connectivity index (χ1) is 8.45. The van der Waals surface area contributed by atoms with Crippen LogP contribution in [0.4, 0.5) is 0 Å². The quantitative estimate of drug-likeness (QED) is 0.780. The maximum atomic E-state index is 12.0. The lowest BCUT2D eigenvalue weighted by atomic mass is 10.1. The average molecular weight is 255 g/mol.